The van der Waals surface area contributed by atoms with Gasteiger partial charge in [-0.05, 0) is 39.5 Å². The molecule has 0 aromatic carbocycles. The highest BCUT2D eigenvalue weighted by molar-refractivity contribution is 5.72. The third kappa shape index (κ3) is 70.5. The van der Waals surface area contributed by atoms with Gasteiger partial charge >= 0.3 is 35.8 Å². The number of carbonyl (C=O) groups is 6. The molecule has 0 N–H and O–H groups in total. The van der Waals surface area contributed by atoms with Gasteiger partial charge < -0.3 is 38.2 Å². The van der Waals surface area contributed by atoms with Gasteiger partial charge in [0, 0.05) is 77.5 Å². The molecule has 0 aromatic rings. The van der Waals surface area contributed by atoms with E-state index in [2.05, 4.69) is 51.3 Å². The van der Waals surface area contributed by atoms with Crippen LogP contribution in [0.1, 0.15) is 440 Å². The van der Waals surface area contributed by atoms with Gasteiger partial charge in [0.1, 0.15) is 13.2 Å². The van der Waals surface area contributed by atoms with Gasteiger partial charge in [-0.1, -0.05) is 362 Å². The molecule has 1 heterocycles. The molecule has 0 aromatic heterocycles. The highest BCUT2D eigenvalue weighted by Crippen LogP contribution is 2.20. The molecule has 636 valence electrons. The van der Waals surface area contributed by atoms with Gasteiger partial charge in [-0.2, -0.15) is 0 Å². The van der Waals surface area contributed by atoms with Crippen LogP contribution in [0.15, 0.2) is 0 Å². The molecule has 0 amide bonds. The number of nitrogens with zero attached hydrogens (tertiary/aromatic N) is 4. The Morgan fingerprint density at radius 2 is 0.361 bits per heavy atom. The van der Waals surface area contributed by atoms with E-state index in [4.69, 9.17) is 28.4 Å². The largest absolute Gasteiger partial charge is 0.466 e. The maximum atomic E-state index is 13.3. The van der Waals surface area contributed by atoms with Crippen LogP contribution in [-0.4, -0.2) is 173 Å². The van der Waals surface area contributed by atoms with E-state index in [9.17, 15) is 28.8 Å². The third-order valence-corrected chi connectivity index (χ3v) is 22.4. The van der Waals surface area contributed by atoms with Crippen molar-refractivity contribution in [1.29, 1.82) is 0 Å². The molecule has 1 saturated heterocycles. The molecule has 0 bridgehead atoms. The predicted molar refractivity (Wildman–Crippen MR) is 450 cm³/mol. The monoisotopic (exact) mass is 1530 g/mol. The number of hydrogen-bond donors (Lipinski definition) is 0. The molecule has 16 nitrogen and oxygen atoms in total. The Morgan fingerprint density at radius 1 is 0.222 bits per heavy atom. The van der Waals surface area contributed by atoms with Crippen LogP contribution < -0.4 is 0 Å². The second-order valence-electron chi connectivity index (χ2n) is 32.6. The van der Waals surface area contributed by atoms with Crippen molar-refractivity contribution >= 4 is 35.8 Å². The van der Waals surface area contributed by atoms with E-state index < -0.39 is 0 Å². The van der Waals surface area contributed by atoms with Crippen molar-refractivity contribution < 1.29 is 57.2 Å². The third-order valence-electron chi connectivity index (χ3n) is 22.4. The summed E-state index contributed by atoms with van der Waals surface area (Å²) in [5.41, 5.74) is 0. The predicted octanol–water partition coefficient (Wildman–Crippen LogP) is 23.5. The van der Waals surface area contributed by atoms with Crippen LogP contribution in [0.5, 0.6) is 0 Å². The van der Waals surface area contributed by atoms with Gasteiger partial charge in [0.15, 0.2) is 0 Å². The summed E-state index contributed by atoms with van der Waals surface area (Å²) in [6.45, 7) is 20.6. The maximum absolute atomic E-state index is 13.3. The average Bonchev–Trinajstić information content (AvgIpc) is 0.846. The van der Waals surface area contributed by atoms with Crippen molar-refractivity contribution in [2.45, 2.75) is 452 Å². The van der Waals surface area contributed by atoms with E-state index in [-0.39, 0.29) is 99.6 Å². The second-order valence-corrected chi connectivity index (χ2v) is 32.6. The van der Waals surface area contributed by atoms with E-state index in [1.807, 2.05) is 9.80 Å². The van der Waals surface area contributed by atoms with Crippen LogP contribution >= 0.6 is 0 Å². The second kappa shape index (κ2) is 80.3. The first kappa shape index (κ1) is 103. The van der Waals surface area contributed by atoms with Crippen molar-refractivity contribution in [2.75, 3.05) is 105 Å². The molecule has 1 fully saturated rings. The number of rotatable bonds is 84. The van der Waals surface area contributed by atoms with Crippen molar-refractivity contribution in [3.63, 3.8) is 0 Å². The van der Waals surface area contributed by atoms with E-state index in [0.717, 1.165) is 90.1 Å². The lowest BCUT2D eigenvalue weighted by atomic mass is 10.0. The smallest absolute Gasteiger partial charge is 0.307 e. The summed E-state index contributed by atoms with van der Waals surface area (Å²) < 4.78 is 34.2. The zero-order valence-electron chi connectivity index (χ0n) is 72.0. The Hall–Kier alpha value is -3.34. The van der Waals surface area contributed by atoms with Crippen molar-refractivity contribution in [2.24, 2.45) is 0 Å². The maximum Gasteiger partial charge on any atom is 0.307 e. The Labute approximate surface area is 666 Å². The average molecular weight is 1530 g/mol. The van der Waals surface area contributed by atoms with Gasteiger partial charge in [0.25, 0.3) is 0 Å². The van der Waals surface area contributed by atoms with Gasteiger partial charge in [-0.3, -0.25) is 38.6 Å². The molecular formula is C92H176N4O12. The molecule has 0 aliphatic carbocycles. The van der Waals surface area contributed by atoms with Crippen molar-refractivity contribution in [3.05, 3.63) is 0 Å². The summed E-state index contributed by atoms with van der Waals surface area (Å²) in [4.78, 5) is 87.0. The van der Waals surface area contributed by atoms with Crippen LogP contribution in [0.3, 0.4) is 0 Å². The number of esters is 6. The molecule has 0 spiro atoms. The van der Waals surface area contributed by atoms with Gasteiger partial charge in [-0.15, -0.1) is 0 Å². The Balaban J connectivity index is 2.61. The van der Waals surface area contributed by atoms with Crippen molar-refractivity contribution in [3.8, 4) is 0 Å². The SMILES string of the molecule is CCCCCCCCCCCCCCCCOC(=O)CCN(CCC(=O)OCCCCCCCCCCCCCCCC)CCC(=O)OCCN1CC(C)N(CCOC(=O)CCN(CCC(=O)OCCCCCCCCCCCCCCCC)CCC(=O)OCCCCCCCCCCCCCCCC)CC1C. The van der Waals surface area contributed by atoms with E-state index >= 15 is 0 Å². The summed E-state index contributed by atoms with van der Waals surface area (Å²) >= 11 is 0. The lowest BCUT2D eigenvalue weighted by molar-refractivity contribution is -0.147. The first-order valence-corrected chi connectivity index (χ1v) is 46.8. The molecule has 1 rings (SSSR count). The molecule has 2 unspecified atom stereocenters. The number of carbonyl (C=O) groups excluding carboxylic acids is 6. The fraction of sp³-hybridized carbons (Fsp3) is 0.935. The van der Waals surface area contributed by atoms with Gasteiger partial charge in [0.2, 0.25) is 0 Å². The fourth-order valence-electron chi connectivity index (χ4n) is 15.0. The Kier molecular flexibility index (Phi) is 76.3. The minimum absolute atomic E-state index is 0.140. The number of ether oxygens (including phenoxy) is 6. The zero-order chi connectivity index (χ0) is 78.3. The molecule has 1 aliphatic heterocycles. The highest BCUT2D eigenvalue weighted by Gasteiger charge is 2.29. The topological polar surface area (TPSA) is 171 Å². The van der Waals surface area contributed by atoms with Crippen LogP contribution in [-0.2, 0) is 57.2 Å². The normalized spacial score (nSPS) is 14.1. The quantitative estimate of drug-likeness (QED) is 0.0320. The summed E-state index contributed by atoms with van der Waals surface area (Å²) in [5, 5.41) is 0. The standard InChI is InChI=1S/C92H176N4O12/c1-7-11-15-19-23-27-31-35-39-43-47-51-55-59-77-103-87(97)63-69-93(70-64-88(98)104-78-60-56-52-48-44-40-36-32-28-24-20-16-12-8-2)73-67-91(101)107-81-75-95-83-86(6)96(84-85(95)5)76-82-108-92(102)68-74-94(71-65-89(99)105-79-61-57-53-49-45-41-37-33-29-25-21-17-13-9-3)72-66-90(100)106-80-62-58-54-50-46-42-38-34-30-26-22-18-14-10-4/h85-86H,7-84H2,1-6H3. The van der Waals surface area contributed by atoms with Gasteiger partial charge in [0.05, 0.1) is 65.0 Å². The minimum atomic E-state index is -0.314. The zero-order valence-corrected chi connectivity index (χ0v) is 72.0. The highest BCUT2D eigenvalue weighted by atomic mass is 16.6. The van der Waals surface area contributed by atoms with E-state index in [1.54, 1.807) is 0 Å². The first-order chi connectivity index (χ1) is 52.9. The fourth-order valence-corrected chi connectivity index (χ4v) is 15.0. The summed E-state index contributed by atoms with van der Waals surface area (Å²) in [6, 6.07) is 0.361. The molecule has 108 heavy (non-hydrogen) atoms. The van der Waals surface area contributed by atoms with Crippen LogP contribution in [0, 0.1) is 0 Å². The molecule has 1 aliphatic rings. The lowest BCUT2D eigenvalue weighted by Gasteiger charge is -2.44. The first-order valence-electron chi connectivity index (χ1n) is 46.8. The van der Waals surface area contributed by atoms with E-state index in [0.29, 0.717) is 78.8 Å². The number of piperazine rings is 1. The lowest BCUT2D eigenvalue weighted by Crippen LogP contribution is -2.57. The molecule has 0 radical (unpaired) electrons. The van der Waals surface area contributed by atoms with Crippen LogP contribution in [0.2, 0.25) is 0 Å². The van der Waals surface area contributed by atoms with Crippen LogP contribution in [0.25, 0.3) is 0 Å². The van der Waals surface area contributed by atoms with Crippen molar-refractivity contribution in [1.82, 2.24) is 19.6 Å². The number of unbranched alkanes of at least 4 members (excludes halogenated alkanes) is 52. The molecule has 16 heteroatoms. The summed E-state index contributed by atoms with van der Waals surface area (Å²) in [5.74, 6) is -1.65. The number of hydrogen-bond acceptors (Lipinski definition) is 16. The molecular weight excluding hydrogens is 1350 g/mol. The summed E-state index contributed by atoms with van der Waals surface area (Å²) in [7, 11) is 0. The van der Waals surface area contributed by atoms with Crippen LogP contribution in [0.4, 0.5) is 0 Å². The molecule has 2 atom stereocenters. The Morgan fingerprint density at radius 3 is 0.519 bits per heavy atom. The van der Waals surface area contributed by atoms with E-state index in [1.165, 1.54) is 283 Å². The minimum Gasteiger partial charge on any atom is -0.466 e. The molecule has 0 saturated carbocycles. The van der Waals surface area contributed by atoms with Gasteiger partial charge in [-0.25, -0.2) is 0 Å². The Bertz CT molecular complexity index is 1780. The summed E-state index contributed by atoms with van der Waals surface area (Å²) in [6.07, 6.45) is 72.2.